The average molecular weight is 134 g/mol. The van der Waals surface area contributed by atoms with E-state index in [0.717, 1.165) is 0 Å². The van der Waals surface area contributed by atoms with Gasteiger partial charge < -0.3 is 4.42 Å². The van der Waals surface area contributed by atoms with Crippen molar-refractivity contribution < 1.29 is 4.42 Å². The first-order valence-electron chi connectivity index (χ1n) is 3.22. The maximum Gasteiger partial charge on any atom is 0.0904 e. The molecule has 0 aliphatic heterocycles. The molecule has 0 spiro atoms. The fraction of sp³-hybridized carbons (Fsp3) is 0.111. The van der Waals surface area contributed by atoms with E-state index in [0.29, 0.717) is 0 Å². The molecule has 0 atom stereocenters. The predicted molar refractivity (Wildman–Crippen MR) is 41.1 cm³/mol. The van der Waals surface area contributed by atoms with Crippen LogP contribution in [0.4, 0.5) is 0 Å². The molecule has 1 heterocycles. The van der Waals surface area contributed by atoms with Gasteiger partial charge in [-0.3, -0.25) is 0 Å². The van der Waals surface area contributed by atoms with Gasteiger partial charge in [0.15, 0.2) is 0 Å². The molecule has 0 saturated heterocycles. The van der Waals surface area contributed by atoms with Crippen LogP contribution in [0.5, 0.6) is 0 Å². The van der Waals surface area contributed by atoms with Crippen molar-refractivity contribution >= 4 is 0 Å². The topological polar surface area (TPSA) is 13.1 Å². The third-order valence-electron chi connectivity index (χ3n) is 1.15. The normalized spacial score (nSPS) is 8.50. The maximum absolute atomic E-state index is 4.97. The molecule has 0 saturated carbocycles. The minimum Gasteiger partial charge on any atom is -0.473 e. The van der Waals surface area contributed by atoms with Gasteiger partial charge >= 0.3 is 0 Å². The highest BCUT2D eigenvalue weighted by Crippen LogP contribution is 1.90. The lowest BCUT2D eigenvalue weighted by Gasteiger charge is -1.76. The Morgan fingerprint density at radius 3 is 2.80 bits per heavy atom. The van der Waals surface area contributed by atoms with Crippen molar-refractivity contribution in [3.05, 3.63) is 48.4 Å². The summed E-state index contributed by atoms with van der Waals surface area (Å²) in [4.78, 5) is 0. The van der Waals surface area contributed by atoms with E-state index in [1.54, 1.807) is 12.5 Å². The summed E-state index contributed by atoms with van der Waals surface area (Å²) >= 11 is 0. The predicted octanol–water partition coefficient (Wildman–Crippen LogP) is 2.71. The summed E-state index contributed by atoms with van der Waals surface area (Å²) in [6.45, 7) is 2.02. The summed E-state index contributed by atoms with van der Waals surface area (Å²) in [5, 5.41) is 0. The van der Waals surface area contributed by atoms with Crippen molar-refractivity contribution in [2.45, 2.75) is 6.92 Å². The third-order valence-corrected chi connectivity index (χ3v) is 1.15. The SMILES string of the molecule is Cc1cccccocc1. The van der Waals surface area contributed by atoms with Gasteiger partial charge in [0.1, 0.15) is 0 Å². The molecule has 0 unspecified atom stereocenters. The highest BCUT2D eigenvalue weighted by molar-refractivity contribution is 5.05. The van der Waals surface area contributed by atoms with Crippen LogP contribution < -0.4 is 0 Å². The van der Waals surface area contributed by atoms with Crippen LogP contribution in [-0.2, 0) is 0 Å². The monoisotopic (exact) mass is 134 g/mol. The van der Waals surface area contributed by atoms with Gasteiger partial charge in [0, 0.05) is 0 Å². The van der Waals surface area contributed by atoms with Crippen molar-refractivity contribution in [3.63, 3.8) is 0 Å². The minimum absolute atomic E-state index is 1.18. The van der Waals surface area contributed by atoms with Crippen molar-refractivity contribution in [2.75, 3.05) is 0 Å². The smallest absolute Gasteiger partial charge is 0.0904 e. The molecule has 52 valence electrons. The molecule has 0 radical (unpaired) electrons. The van der Waals surface area contributed by atoms with Crippen molar-refractivity contribution in [2.24, 2.45) is 0 Å². The molecule has 0 bridgehead atoms. The minimum atomic E-state index is 1.18. The molecule has 0 aromatic carbocycles. The Morgan fingerprint density at radius 1 is 1.00 bits per heavy atom. The zero-order valence-electron chi connectivity index (χ0n) is 5.95. The van der Waals surface area contributed by atoms with Crippen LogP contribution in [0.25, 0.3) is 0 Å². The third kappa shape index (κ3) is 2.35. The lowest BCUT2D eigenvalue weighted by molar-refractivity contribution is 0.554. The van der Waals surface area contributed by atoms with Crippen molar-refractivity contribution in [1.29, 1.82) is 0 Å². The second-order valence-corrected chi connectivity index (χ2v) is 2.06. The zero-order valence-corrected chi connectivity index (χ0v) is 5.95. The van der Waals surface area contributed by atoms with E-state index in [2.05, 4.69) is 0 Å². The van der Waals surface area contributed by atoms with Crippen LogP contribution in [0.1, 0.15) is 5.56 Å². The van der Waals surface area contributed by atoms with E-state index in [1.807, 2.05) is 37.3 Å². The lowest BCUT2D eigenvalue weighted by Crippen LogP contribution is -1.57. The first kappa shape index (κ1) is 6.87. The molecule has 10 heavy (non-hydrogen) atoms. The van der Waals surface area contributed by atoms with Gasteiger partial charge in [0.2, 0.25) is 0 Å². The largest absolute Gasteiger partial charge is 0.473 e. The van der Waals surface area contributed by atoms with Crippen molar-refractivity contribution in [1.82, 2.24) is 0 Å². The first-order valence-corrected chi connectivity index (χ1v) is 3.22. The Kier molecular flexibility index (Phi) is 2.56. The Bertz CT molecular complexity index is 212. The van der Waals surface area contributed by atoms with E-state index < -0.39 is 0 Å². The van der Waals surface area contributed by atoms with E-state index in [-0.39, 0.29) is 0 Å². The lowest BCUT2D eigenvalue weighted by atomic mass is 10.3. The molecule has 1 aromatic rings. The van der Waals surface area contributed by atoms with Crippen LogP contribution >= 0.6 is 0 Å². The van der Waals surface area contributed by atoms with E-state index in [9.17, 15) is 0 Å². The molecule has 0 aliphatic carbocycles. The average Bonchev–Trinajstić information content (AvgIpc) is 2.02. The molecular formula is C9H10O. The summed E-state index contributed by atoms with van der Waals surface area (Å²) in [5.74, 6) is 0. The van der Waals surface area contributed by atoms with E-state index in [1.165, 1.54) is 5.56 Å². The Morgan fingerprint density at radius 2 is 1.90 bits per heavy atom. The number of hydrogen-bond donors (Lipinski definition) is 0. The molecule has 0 aliphatic rings. The van der Waals surface area contributed by atoms with Gasteiger partial charge in [-0.2, -0.15) is 0 Å². The van der Waals surface area contributed by atoms with Gasteiger partial charge in [0.05, 0.1) is 12.5 Å². The molecule has 1 rings (SSSR count). The van der Waals surface area contributed by atoms with E-state index in [4.69, 9.17) is 4.42 Å². The summed E-state index contributed by atoms with van der Waals surface area (Å²) in [6.07, 6.45) is 3.30. The van der Waals surface area contributed by atoms with Crippen LogP contribution in [-0.4, -0.2) is 0 Å². The molecule has 0 fully saturated rings. The quantitative estimate of drug-likeness (QED) is 0.531. The zero-order chi connectivity index (χ0) is 7.23. The molecule has 1 nitrogen and oxygen atoms in total. The highest BCUT2D eigenvalue weighted by atomic mass is 16.3. The Labute approximate surface area is 60.6 Å². The van der Waals surface area contributed by atoms with Crippen LogP contribution in [0.15, 0.2) is 47.3 Å². The second-order valence-electron chi connectivity index (χ2n) is 2.06. The first-order chi connectivity index (χ1) is 4.89. The molecule has 1 aromatic heterocycles. The van der Waals surface area contributed by atoms with Gasteiger partial charge in [0.25, 0.3) is 0 Å². The summed E-state index contributed by atoms with van der Waals surface area (Å²) < 4.78 is 4.97. The molecule has 0 amide bonds. The van der Waals surface area contributed by atoms with Gasteiger partial charge in [-0.25, -0.2) is 0 Å². The standard InChI is InChI=1S/C9H10O/c1-9-5-3-2-4-7-10-8-6-9/h2-8H,1H3. The van der Waals surface area contributed by atoms with Gasteiger partial charge in [-0.1, -0.05) is 18.2 Å². The highest BCUT2D eigenvalue weighted by Gasteiger charge is 1.70. The number of aryl methyl sites for hydroxylation is 1. The van der Waals surface area contributed by atoms with Gasteiger partial charge in [-0.05, 0) is 24.6 Å². The summed E-state index contributed by atoms with van der Waals surface area (Å²) in [5.41, 5.74) is 1.18. The molecular weight excluding hydrogens is 124 g/mol. The summed E-state index contributed by atoms with van der Waals surface area (Å²) in [7, 11) is 0. The Hall–Kier alpha value is -1.24. The second kappa shape index (κ2) is 3.72. The van der Waals surface area contributed by atoms with Crippen LogP contribution in [0.3, 0.4) is 0 Å². The number of rotatable bonds is 0. The number of hydrogen-bond acceptors (Lipinski definition) is 1. The van der Waals surface area contributed by atoms with Crippen LogP contribution in [0, 0.1) is 6.92 Å². The van der Waals surface area contributed by atoms with Crippen molar-refractivity contribution in [3.8, 4) is 0 Å². The fourth-order valence-corrected chi connectivity index (χ4v) is 0.610. The summed E-state index contributed by atoms with van der Waals surface area (Å²) in [6, 6.07) is 9.69. The fourth-order valence-electron chi connectivity index (χ4n) is 0.610. The van der Waals surface area contributed by atoms with E-state index >= 15 is 0 Å². The van der Waals surface area contributed by atoms with Gasteiger partial charge in [-0.15, -0.1) is 0 Å². The Balaban J connectivity index is 3.13. The maximum atomic E-state index is 4.97. The molecule has 0 N–H and O–H groups in total. The van der Waals surface area contributed by atoms with Crippen LogP contribution in [0.2, 0.25) is 0 Å². The molecule has 1 heteroatoms.